The first-order valence-corrected chi connectivity index (χ1v) is 7.22. The Bertz CT molecular complexity index is 243. The molecule has 2 rings (SSSR count). The molecule has 0 amide bonds. The van der Waals surface area contributed by atoms with Gasteiger partial charge in [0.15, 0.2) is 0 Å². The van der Waals surface area contributed by atoms with Crippen molar-refractivity contribution in [2.45, 2.75) is 6.04 Å². The summed E-state index contributed by atoms with van der Waals surface area (Å²) in [5.41, 5.74) is 2.15. The molecule has 0 unspecified atom stereocenters. The Morgan fingerprint density at radius 3 is 2.43 bits per heavy atom. The molecular formula is C10H17NO2Si. The first kappa shape index (κ1) is 10.1. The van der Waals surface area contributed by atoms with Crippen LogP contribution in [0.15, 0.2) is 23.9 Å². The molecule has 0 aromatic carbocycles. The fourth-order valence-corrected chi connectivity index (χ4v) is 4.09. The lowest BCUT2D eigenvalue weighted by atomic mass is 10.5. The summed E-state index contributed by atoms with van der Waals surface area (Å²) >= 11 is 0. The highest BCUT2D eigenvalue weighted by atomic mass is 28.4. The van der Waals surface area contributed by atoms with Crippen LogP contribution in [0, 0.1) is 0 Å². The number of rotatable bonds is 0. The van der Waals surface area contributed by atoms with Crippen molar-refractivity contribution in [1.82, 2.24) is 4.90 Å². The SMILES string of the molecule is CN1CCO[Si]2(C=CC=CC2)OCC1. The smallest absolute Gasteiger partial charge is 0.369 e. The molecule has 0 aromatic heterocycles. The highest BCUT2D eigenvalue weighted by molar-refractivity contribution is 6.73. The minimum absolute atomic E-state index is 0.793. The lowest BCUT2D eigenvalue weighted by Gasteiger charge is -2.32. The summed E-state index contributed by atoms with van der Waals surface area (Å²) in [6.07, 6.45) is 6.27. The minimum Gasteiger partial charge on any atom is -0.390 e. The standard InChI is InChI=1S/C10H17NO2Si/c1-11-5-7-12-14(13-8-6-11)9-3-2-4-10-14/h2-4,9H,5-8,10H2,1H3. The largest absolute Gasteiger partial charge is 0.390 e. The van der Waals surface area contributed by atoms with Gasteiger partial charge in [-0.05, 0) is 12.7 Å². The average Bonchev–Trinajstić information content (AvgIpc) is 2.17. The van der Waals surface area contributed by atoms with Gasteiger partial charge >= 0.3 is 8.56 Å². The van der Waals surface area contributed by atoms with Crippen molar-refractivity contribution in [1.29, 1.82) is 0 Å². The first-order chi connectivity index (χ1) is 6.81. The van der Waals surface area contributed by atoms with Gasteiger partial charge < -0.3 is 13.8 Å². The third-order valence-electron chi connectivity index (χ3n) is 2.64. The Hall–Kier alpha value is -0.423. The van der Waals surface area contributed by atoms with Gasteiger partial charge in [0.25, 0.3) is 0 Å². The Labute approximate surface area is 86.2 Å². The summed E-state index contributed by atoms with van der Waals surface area (Å²) in [7, 11) is 0.124. The summed E-state index contributed by atoms with van der Waals surface area (Å²) in [5, 5.41) is 0. The fraction of sp³-hybridized carbons (Fsp3) is 0.600. The monoisotopic (exact) mass is 211 g/mol. The van der Waals surface area contributed by atoms with E-state index in [2.05, 4.69) is 35.9 Å². The van der Waals surface area contributed by atoms with Gasteiger partial charge in [-0.3, -0.25) is 0 Å². The molecule has 1 spiro atoms. The Balaban J connectivity index is 1.98. The van der Waals surface area contributed by atoms with Crippen molar-refractivity contribution in [3.63, 3.8) is 0 Å². The van der Waals surface area contributed by atoms with Crippen LogP contribution in [-0.4, -0.2) is 46.8 Å². The lowest BCUT2D eigenvalue weighted by Crippen LogP contribution is -2.46. The Morgan fingerprint density at radius 1 is 1.14 bits per heavy atom. The summed E-state index contributed by atoms with van der Waals surface area (Å²) in [6.45, 7) is 3.60. The molecule has 3 nitrogen and oxygen atoms in total. The van der Waals surface area contributed by atoms with Gasteiger partial charge in [-0.1, -0.05) is 18.2 Å². The van der Waals surface area contributed by atoms with E-state index in [1.165, 1.54) is 0 Å². The van der Waals surface area contributed by atoms with Crippen LogP contribution < -0.4 is 0 Å². The maximum atomic E-state index is 5.92. The van der Waals surface area contributed by atoms with Crippen LogP contribution in [0.3, 0.4) is 0 Å². The molecule has 2 aliphatic rings. The van der Waals surface area contributed by atoms with E-state index in [-0.39, 0.29) is 0 Å². The maximum Gasteiger partial charge on any atom is 0.369 e. The van der Waals surface area contributed by atoms with E-state index in [1.54, 1.807) is 0 Å². The molecule has 2 heterocycles. The molecule has 1 fully saturated rings. The molecule has 0 N–H and O–H groups in total. The van der Waals surface area contributed by atoms with Gasteiger partial charge in [0.1, 0.15) is 0 Å². The average molecular weight is 211 g/mol. The van der Waals surface area contributed by atoms with Crippen molar-refractivity contribution < 1.29 is 8.85 Å². The highest BCUT2D eigenvalue weighted by Gasteiger charge is 2.35. The van der Waals surface area contributed by atoms with Crippen LogP contribution in [-0.2, 0) is 8.85 Å². The molecule has 78 valence electrons. The van der Waals surface area contributed by atoms with Gasteiger partial charge in [-0.25, -0.2) is 0 Å². The van der Waals surface area contributed by atoms with Gasteiger partial charge in [0, 0.05) is 32.3 Å². The summed E-state index contributed by atoms with van der Waals surface area (Å²) in [5.74, 6) is 0. The summed E-state index contributed by atoms with van der Waals surface area (Å²) in [6, 6.07) is 0.965. The van der Waals surface area contributed by atoms with Crippen molar-refractivity contribution >= 4 is 8.56 Å². The second kappa shape index (κ2) is 4.40. The van der Waals surface area contributed by atoms with Crippen LogP contribution in [0.1, 0.15) is 0 Å². The van der Waals surface area contributed by atoms with Gasteiger partial charge in [0.2, 0.25) is 0 Å². The Morgan fingerprint density at radius 2 is 1.86 bits per heavy atom. The molecule has 0 bridgehead atoms. The predicted octanol–water partition coefficient (Wildman–Crippen LogP) is 1.07. The molecule has 0 aliphatic carbocycles. The van der Waals surface area contributed by atoms with E-state index in [9.17, 15) is 0 Å². The van der Waals surface area contributed by atoms with E-state index >= 15 is 0 Å². The van der Waals surface area contributed by atoms with Crippen LogP contribution in [0.2, 0.25) is 6.04 Å². The summed E-state index contributed by atoms with van der Waals surface area (Å²) < 4.78 is 11.8. The number of allylic oxidation sites excluding steroid dienone is 3. The van der Waals surface area contributed by atoms with Gasteiger partial charge in [-0.15, -0.1) is 0 Å². The first-order valence-electron chi connectivity index (χ1n) is 5.12. The van der Waals surface area contributed by atoms with Crippen LogP contribution >= 0.6 is 0 Å². The van der Waals surface area contributed by atoms with Gasteiger partial charge in [-0.2, -0.15) is 0 Å². The van der Waals surface area contributed by atoms with Crippen LogP contribution in [0.5, 0.6) is 0 Å². The molecule has 0 atom stereocenters. The Kier molecular flexibility index (Phi) is 3.18. The quantitative estimate of drug-likeness (QED) is 0.560. The van der Waals surface area contributed by atoms with Crippen molar-refractivity contribution in [2.24, 2.45) is 0 Å². The molecule has 4 heteroatoms. The normalized spacial score (nSPS) is 27.5. The lowest BCUT2D eigenvalue weighted by molar-refractivity contribution is 0.114. The van der Waals surface area contributed by atoms with Crippen LogP contribution in [0.4, 0.5) is 0 Å². The molecule has 2 aliphatic heterocycles. The van der Waals surface area contributed by atoms with Crippen molar-refractivity contribution in [3.05, 3.63) is 23.9 Å². The zero-order valence-corrected chi connectivity index (χ0v) is 9.61. The third kappa shape index (κ3) is 2.33. The third-order valence-corrected chi connectivity index (χ3v) is 5.53. The minimum atomic E-state index is -1.98. The molecule has 14 heavy (non-hydrogen) atoms. The predicted molar refractivity (Wildman–Crippen MR) is 58.2 cm³/mol. The van der Waals surface area contributed by atoms with Crippen molar-refractivity contribution in [3.8, 4) is 0 Å². The number of hydrogen-bond acceptors (Lipinski definition) is 3. The zero-order chi connectivity index (χ0) is 9.86. The van der Waals surface area contributed by atoms with E-state index in [0.717, 1.165) is 32.3 Å². The fourth-order valence-electron chi connectivity index (χ4n) is 1.70. The highest BCUT2D eigenvalue weighted by Crippen LogP contribution is 2.20. The van der Waals surface area contributed by atoms with Crippen LogP contribution in [0.25, 0.3) is 0 Å². The topological polar surface area (TPSA) is 21.7 Å². The maximum absolute atomic E-state index is 5.92. The van der Waals surface area contributed by atoms with E-state index < -0.39 is 8.56 Å². The number of likely N-dealkylation sites (N-methyl/N-ethyl adjacent to an activating group) is 1. The summed E-state index contributed by atoms with van der Waals surface area (Å²) in [4.78, 5) is 2.24. The van der Waals surface area contributed by atoms with Gasteiger partial charge in [0.05, 0.1) is 0 Å². The van der Waals surface area contributed by atoms with E-state index in [0.29, 0.717) is 0 Å². The number of nitrogens with zero attached hydrogens (tertiary/aromatic N) is 1. The van der Waals surface area contributed by atoms with Crippen molar-refractivity contribution in [2.75, 3.05) is 33.4 Å². The van der Waals surface area contributed by atoms with E-state index in [4.69, 9.17) is 8.85 Å². The van der Waals surface area contributed by atoms with E-state index in [1.807, 2.05) is 0 Å². The second-order valence-corrected chi connectivity index (χ2v) is 6.75. The zero-order valence-electron chi connectivity index (χ0n) is 8.61. The number of hydrogen-bond donors (Lipinski definition) is 0. The molecule has 0 radical (unpaired) electrons. The molecule has 0 aromatic rings. The molecule has 0 saturated carbocycles. The molecule has 1 saturated heterocycles. The molecular weight excluding hydrogens is 194 g/mol. The second-order valence-electron chi connectivity index (χ2n) is 3.80.